The van der Waals surface area contributed by atoms with Gasteiger partial charge in [0.25, 0.3) is 0 Å². The second-order valence-corrected chi connectivity index (χ2v) is 6.95. The molecule has 0 saturated heterocycles. The summed E-state index contributed by atoms with van der Waals surface area (Å²) < 4.78 is 3.60. The lowest BCUT2D eigenvalue weighted by molar-refractivity contribution is 0.470. The van der Waals surface area contributed by atoms with Gasteiger partial charge in [-0.1, -0.05) is 42.5 Å². The van der Waals surface area contributed by atoms with Gasteiger partial charge in [-0.05, 0) is 44.2 Å². The summed E-state index contributed by atoms with van der Waals surface area (Å²) >= 11 is 0. The number of nitrogens with zero attached hydrogens (tertiary/aromatic N) is 5. The molecular weight excluding hydrogens is 362 g/mol. The van der Waals surface area contributed by atoms with E-state index in [9.17, 15) is 5.11 Å². The van der Waals surface area contributed by atoms with Crippen molar-refractivity contribution in [1.82, 2.24) is 24.5 Å². The van der Waals surface area contributed by atoms with Gasteiger partial charge < -0.3 is 5.11 Å². The number of aromatic nitrogens is 5. The zero-order valence-corrected chi connectivity index (χ0v) is 16.1. The average molecular weight is 381 g/mol. The van der Waals surface area contributed by atoms with Crippen LogP contribution >= 0.6 is 0 Å². The number of rotatable bonds is 3. The Balaban J connectivity index is 1.61. The van der Waals surface area contributed by atoms with Crippen LogP contribution in [-0.2, 0) is 0 Å². The standard InChI is InChI=1S/C23H19N5O/c1-15-19-10-3-4-11-20(19)28(25-15)18-9-7-8-17(14-18)23-24-16(2)27(26-23)21-12-5-6-13-22(21)29/h3-14,29H,1-2H3. The van der Waals surface area contributed by atoms with E-state index >= 15 is 0 Å². The summed E-state index contributed by atoms with van der Waals surface area (Å²) in [6, 6.07) is 23.3. The Labute approximate surface area is 167 Å². The van der Waals surface area contributed by atoms with E-state index in [-0.39, 0.29) is 5.75 Å². The minimum atomic E-state index is 0.166. The minimum Gasteiger partial charge on any atom is -0.506 e. The summed E-state index contributed by atoms with van der Waals surface area (Å²) in [5.74, 6) is 1.47. The molecule has 2 aromatic heterocycles. The van der Waals surface area contributed by atoms with Gasteiger partial charge in [-0.3, -0.25) is 0 Å². The van der Waals surface area contributed by atoms with Crippen molar-refractivity contribution in [3.63, 3.8) is 0 Å². The lowest BCUT2D eigenvalue weighted by Crippen LogP contribution is -1.99. The molecule has 3 aromatic carbocycles. The van der Waals surface area contributed by atoms with E-state index in [2.05, 4.69) is 22.2 Å². The predicted octanol–water partition coefficient (Wildman–Crippen LogP) is 4.60. The summed E-state index contributed by atoms with van der Waals surface area (Å²) in [4.78, 5) is 4.61. The quantitative estimate of drug-likeness (QED) is 0.496. The van der Waals surface area contributed by atoms with Gasteiger partial charge in [-0.2, -0.15) is 5.10 Å². The van der Waals surface area contributed by atoms with Crippen LogP contribution in [0, 0.1) is 13.8 Å². The Morgan fingerprint density at radius 3 is 2.45 bits per heavy atom. The molecule has 1 N–H and O–H groups in total. The van der Waals surface area contributed by atoms with Crippen molar-refractivity contribution in [2.75, 3.05) is 0 Å². The fourth-order valence-electron chi connectivity index (χ4n) is 3.58. The third-order valence-corrected chi connectivity index (χ3v) is 5.00. The maximum atomic E-state index is 10.2. The van der Waals surface area contributed by atoms with E-state index in [1.807, 2.05) is 67.1 Å². The molecule has 0 aliphatic rings. The van der Waals surface area contributed by atoms with Crippen molar-refractivity contribution in [2.45, 2.75) is 13.8 Å². The SMILES string of the molecule is Cc1nn(-c2cccc(-c3nc(C)n(-c4ccccc4O)n3)c2)c2ccccc12. The zero-order valence-electron chi connectivity index (χ0n) is 16.1. The second-order valence-electron chi connectivity index (χ2n) is 6.95. The van der Waals surface area contributed by atoms with Crippen LogP contribution in [0.15, 0.2) is 72.8 Å². The molecule has 5 aromatic rings. The Kier molecular flexibility index (Phi) is 3.91. The van der Waals surface area contributed by atoms with E-state index in [0.29, 0.717) is 17.3 Å². The summed E-state index contributed by atoms with van der Waals surface area (Å²) in [7, 11) is 0. The highest BCUT2D eigenvalue weighted by Crippen LogP contribution is 2.26. The molecule has 0 atom stereocenters. The number of para-hydroxylation sites is 3. The molecule has 5 rings (SSSR count). The molecule has 6 nitrogen and oxygen atoms in total. The Bertz CT molecular complexity index is 1350. The maximum Gasteiger partial charge on any atom is 0.181 e. The van der Waals surface area contributed by atoms with E-state index in [1.165, 1.54) is 0 Å². The number of fused-ring (bicyclic) bond motifs is 1. The van der Waals surface area contributed by atoms with Crippen LogP contribution in [0.4, 0.5) is 0 Å². The van der Waals surface area contributed by atoms with Crippen molar-refractivity contribution in [3.8, 4) is 28.5 Å². The van der Waals surface area contributed by atoms with Gasteiger partial charge in [0.15, 0.2) is 5.82 Å². The van der Waals surface area contributed by atoms with E-state index in [1.54, 1.807) is 16.8 Å². The van der Waals surface area contributed by atoms with Gasteiger partial charge in [0.05, 0.1) is 16.9 Å². The zero-order chi connectivity index (χ0) is 20.0. The topological polar surface area (TPSA) is 68.8 Å². The molecule has 0 unspecified atom stereocenters. The molecule has 0 spiro atoms. The number of phenolic OH excluding ortho intramolecular Hbond substituents is 1. The van der Waals surface area contributed by atoms with Gasteiger partial charge in [-0.15, -0.1) is 5.10 Å². The van der Waals surface area contributed by atoms with Gasteiger partial charge in [-0.25, -0.2) is 14.3 Å². The number of benzene rings is 3. The number of aromatic hydroxyl groups is 1. The molecule has 0 saturated carbocycles. The molecule has 0 aliphatic heterocycles. The highest BCUT2D eigenvalue weighted by atomic mass is 16.3. The Hall–Kier alpha value is -3.93. The largest absolute Gasteiger partial charge is 0.506 e. The van der Waals surface area contributed by atoms with Crippen LogP contribution in [0.2, 0.25) is 0 Å². The van der Waals surface area contributed by atoms with E-state index in [0.717, 1.165) is 27.8 Å². The molecule has 142 valence electrons. The van der Waals surface area contributed by atoms with Crippen molar-refractivity contribution in [1.29, 1.82) is 0 Å². The lowest BCUT2D eigenvalue weighted by Gasteiger charge is -2.06. The Morgan fingerprint density at radius 2 is 1.59 bits per heavy atom. The second kappa shape index (κ2) is 6.60. The predicted molar refractivity (Wildman–Crippen MR) is 113 cm³/mol. The molecule has 0 aliphatic carbocycles. The summed E-state index contributed by atoms with van der Waals surface area (Å²) in [5, 5.41) is 20.6. The third kappa shape index (κ3) is 2.86. The van der Waals surface area contributed by atoms with Crippen LogP contribution < -0.4 is 0 Å². The van der Waals surface area contributed by atoms with Gasteiger partial charge in [0.2, 0.25) is 0 Å². The first-order valence-corrected chi connectivity index (χ1v) is 9.39. The van der Waals surface area contributed by atoms with Crippen molar-refractivity contribution in [3.05, 3.63) is 84.3 Å². The fraction of sp³-hybridized carbons (Fsp3) is 0.0870. The molecule has 29 heavy (non-hydrogen) atoms. The first kappa shape index (κ1) is 17.2. The summed E-state index contributed by atoms with van der Waals surface area (Å²) in [6.45, 7) is 3.89. The van der Waals surface area contributed by atoms with Crippen molar-refractivity contribution < 1.29 is 5.11 Å². The monoisotopic (exact) mass is 381 g/mol. The molecule has 2 heterocycles. The lowest BCUT2D eigenvalue weighted by atomic mass is 10.2. The average Bonchev–Trinajstić information content (AvgIpc) is 3.29. The highest BCUT2D eigenvalue weighted by molar-refractivity contribution is 5.83. The molecule has 0 amide bonds. The van der Waals surface area contributed by atoms with Gasteiger partial charge in [0.1, 0.15) is 17.3 Å². The highest BCUT2D eigenvalue weighted by Gasteiger charge is 2.14. The molecule has 0 radical (unpaired) electrons. The van der Waals surface area contributed by atoms with Crippen LogP contribution in [0.3, 0.4) is 0 Å². The molecule has 0 fully saturated rings. The van der Waals surface area contributed by atoms with Crippen molar-refractivity contribution >= 4 is 10.9 Å². The first-order chi connectivity index (χ1) is 14.1. The summed E-state index contributed by atoms with van der Waals surface area (Å²) in [5.41, 5.74) is 4.49. The van der Waals surface area contributed by atoms with Crippen LogP contribution in [0.1, 0.15) is 11.5 Å². The first-order valence-electron chi connectivity index (χ1n) is 9.39. The number of aryl methyl sites for hydroxylation is 2. The smallest absolute Gasteiger partial charge is 0.181 e. The number of phenols is 1. The minimum absolute atomic E-state index is 0.166. The van der Waals surface area contributed by atoms with Gasteiger partial charge >= 0.3 is 0 Å². The third-order valence-electron chi connectivity index (χ3n) is 5.00. The van der Waals surface area contributed by atoms with E-state index < -0.39 is 0 Å². The number of hydrogen-bond acceptors (Lipinski definition) is 4. The number of hydrogen-bond donors (Lipinski definition) is 1. The van der Waals surface area contributed by atoms with E-state index in [4.69, 9.17) is 5.10 Å². The summed E-state index contributed by atoms with van der Waals surface area (Å²) in [6.07, 6.45) is 0. The molecule has 0 bridgehead atoms. The fourth-order valence-corrected chi connectivity index (χ4v) is 3.58. The molecule has 6 heteroatoms. The van der Waals surface area contributed by atoms with Crippen LogP contribution in [-0.4, -0.2) is 29.7 Å². The maximum absolute atomic E-state index is 10.2. The normalized spacial score (nSPS) is 11.2. The van der Waals surface area contributed by atoms with Gasteiger partial charge in [0, 0.05) is 10.9 Å². The Morgan fingerprint density at radius 1 is 0.793 bits per heavy atom. The van der Waals surface area contributed by atoms with Crippen LogP contribution in [0.25, 0.3) is 33.7 Å². The van der Waals surface area contributed by atoms with Crippen molar-refractivity contribution in [2.24, 2.45) is 0 Å². The van der Waals surface area contributed by atoms with Crippen LogP contribution in [0.5, 0.6) is 5.75 Å². The molecular formula is C23H19N5O.